The van der Waals surface area contributed by atoms with E-state index >= 15 is 0 Å². The van der Waals surface area contributed by atoms with Crippen LogP contribution in [-0.2, 0) is 0 Å². The van der Waals surface area contributed by atoms with Crippen LogP contribution in [0.25, 0.3) is 138 Å². The topological polar surface area (TPSA) is 69.9 Å². The van der Waals surface area contributed by atoms with Crippen molar-refractivity contribution in [3.63, 3.8) is 0 Å². The fraction of sp³-hybridized carbons (Fsp3) is 0. The molecule has 0 aliphatic rings. The minimum atomic E-state index is 0.515. The first-order chi connectivity index (χ1) is 32.2. The Labute approximate surface area is 371 Å². The number of furan rings is 2. The largest absolute Gasteiger partial charge is 0.456 e. The summed E-state index contributed by atoms with van der Waals surface area (Å²) in [6.45, 7) is 0. The number of hydrogen-bond donors (Lipinski definition) is 0. The molecule has 0 saturated heterocycles. The van der Waals surface area contributed by atoms with Crippen molar-refractivity contribution in [1.82, 2.24) is 19.5 Å². The van der Waals surface area contributed by atoms with Gasteiger partial charge in [0, 0.05) is 49.5 Å². The summed E-state index contributed by atoms with van der Waals surface area (Å²) < 4.78 is 15.8. The average Bonchev–Trinajstić information content (AvgIpc) is 4.04. The van der Waals surface area contributed by atoms with Crippen molar-refractivity contribution < 1.29 is 8.83 Å². The van der Waals surface area contributed by atoms with Gasteiger partial charge < -0.3 is 13.4 Å². The third-order valence-corrected chi connectivity index (χ3v) is 13.0. The molecule has 0 fully saturated rings. The molecule has 14 aromatic rings. The van der Waals surface area contributed by atoms with E-state index in [1.165, 1.54) is 32.3 Å². The Morgan fingerprint density at radius 2 is 0.862 bits per heavy atom. The molecule has 0 aliphatic carbocycles. The van der Waals surface area contributed by atoms with Gasteiger partial charge in [0.2, 0.25) is 0 Å². The van der Waals surface area contributed by atoms with Crippen LogP contribution in [0.4, 0.5) is 0 Å². The van der Waals surface area contributed by atoms with Gasteiger partial charge in [0.15, 0.2) is 17.5 Å². The summed E-state index contributed by atoms with van der Waals surface area (Å²) in [6.07, 6.45) is 0. The highest BCUT2D eigenvalue weighted by Gasteiger charge is 2.23. The highest BCUT2D eigenvalue weighted by Crippen LogP contribution is 2.43. The minimum absolute atomic E-state index is 0.515. The van der Waals surface area contributed by atoms with E-state index in [2.05, 4.69) is 168 Å². The Balaban J connectivity index is 1.09. The maximum absolute atomic E-state index is 6.80. The molecule has 0 radical (unpaired) electrons. The van der Waals surface area contributed by atoms with Crippen molar-refractivity contribution in [2.75, 3.05) is 0 Å². The summed E-state index contributed by atoms with van der Waals surface area (Å²) in [5.41, 5.74) is 10.9. The van der Waals surface area contributed by atoms with E-state index in [1.54, 1.807) is 0 Å². The summed E-state index contributed by atoms with van der Waals surface area (Å²) in [7, 11) is 0. The summed E-state index contributed by atoms with van der Waals surface area (Å²) in [4.78, 5) is 16.1. The highest BCUT2D eigenvalue weighted by molar-refractivity contribution is 6.18. The lowest BCUT2D eigenvalue weighted by atomic mass is 10.0. The van der Waals surface area contributed by atoms with E-state index in [-0.39, 0.29) is 0 Å². The smallest absolute Gasteiger partial charge is 0.167 e. The van der Waals surface area contributed by atoms with Crippen molar-refractivity contribution in [2.24, 2.45) is 0 Å². The molecule has 302 valence electrons. The predicted molar refractivity (Wildman–Crippen MR) is 265 cm³/mol. The monoisotopic (exact) mass is 830 g/mol. The lowest BCUT2D eigenvalue weighted by Gasteiger charge is -2.14. The van der Waals surface area contributed by atoms with Gasteiger partial charge in [-0.3, -0.25) is 0 Å². The molecule has 10 aromatic carbocycles. The minimum Gasteiger partial charge on any atom is -0.456 e. The zero-order valence-electron chi connectivity index (χ0n) is 34.7. The third kappa shape index (κ3) is 5.57. The van der Waals surface area contributed by atoms with Gasteiger partial charge in [-0.1, -0.05) is 146 Å². The second-order valence-corrected chi connectivity index (χ2v) is 16.8. The molecule has 65 heavy (non-hydrogen) atoms. The van der Waals surface area contributed by atoms with Crippen LogP contribution in [0.15, 0.2) is 215 Å². The summed E-state index contributed by atoms with van der Waals surface area (Å²) in [6, 6.07) is 72.2. The van der Waals surface area contributed by atoms with Gasteiger partial charge in [-0.25, -0.2) is 15.0 Å². The van der Waals surface area contributed by atoms with Crippen molar-refractivity contribution >= 4 is 87.2 Å². The van der Waals surface area contributed by atoms with Crippen LogP contribution in [0.5, 0.6) is 0 Å². The van der Waals surface area contributed by atoms with E-state index in [4.69, 9.17) is 23.8 Å². The molecular formula is C59H34N4O2. The van der Waals surface area contributed by atoms with E-state index < -0.39 is 0 Å². The van der Waals surface area contributed by atoms with Crippen molar-refractivity contribution in [3.05, 3.63) is 206 Å². The Hall–Kier alpha value is -8.87. The van der Waals surface area contributed by atoms with Crippen LogP contribution in [0.2, 0.25) is 0 Å². The van der Waals surface area contributed by atoms with E-state index in [0.717, 1.165) is 88.4 Å². The molecule has 6 nitrogen and oxygen atoms in total. The summed E-state index contributed by atoms with van der Waals surface area (Å²) in [5, 5.41) is 11.1. The van der Waals surface area contributed by atoms with Crippen LogP contribution in [0, 0.1) is 0 Å². The summed E-state index contributed by atoms with van der Waals surface area (Å²) in [5.74, 6) is 1.59. The summed E-state index contributed by atoms with van der Waals surface area (Å²) >= 11 is 0. The van der Waals surface area contributed by atoms with Gasteiger partial charge in [-0.05, 0) is 87.3 Å². The number of aromatic nitrogens is 4. The number of fused-ring (bicyclic) bond motifs is 11. The van der Waals surface area contributed by atoms with Crippen LogP contribution < -0.4 is 0 Å². The van der Waals surface area contributed by atoms with Crippen molar-refractivity contribution in [3.8, 4) is 51.0 Å². The molecule has 6 heteroatoms. The van der Waals surface area contributed by atoms with Crippen molar-refractivity contribution in [2.45, 2.75) is 0 Å². The number of hydrogen-bond acceptors (Lipinski definition) is 5. The molecule has 0 bridgehead atoms. The quantitative estimate of drug-likeness (QED) is 0.173. The van der Waals surface area contributed by atoms with E-state index in [9.17, 15) is 0 Å². The molecule has 4 heterocycles. The number of rotatable bonds is 5. The second kappa shape index (κ2) is 13.8. The second-order valence-electron chi connectivity index (χ2n) is 16.8. The van der Waals surface area contributed by atoms with Crippen LogP contribution >= 0.6 is 0 Å². The SMILES string of the molecule is c1ccc(-c2cccc(-c3nc(-c4cccc5c4oc4ccccc45)nc(-c4cc(-n5c6cc7ccccc7cc6c6cc7ccccc7cc65)cc5oc6ccccc6c45)n3)c2)cc1. The zero-order chi connectivity index (χ0) is 42.6. The molecule has 0 unspecified atom stereocenters. The molecule has 14 rings (SSSR count). The van der Waals surface area contributed by atoms with Gasteiger partial charge >= 0.3 is 0 Å². The molecule has 4 aromatic heterocycles. The van der Waals surface area contributed by atoms with E-state index in [1.807, 2.05) is 42.5 Å². The van der Waals surface area contributed by atoms with Crippen LogP contribution in [-0.4, -0.2) is 19.5 Å². The lowest BCUT2D eigenvalue weighted by Crippen LogP contribution is -2.02. The van der Waals surface area contributed by atoms with Crippen molar-refractivity contribution in [1.29, 1.82) is 0 Å². The first kappa shape index (κ1) is 35.7. The van der Waals surface area contributed by atoms with Crippen LogP contribution in [0.1, 0.15) is 0 Å². The highest BCUT2D eigenvalue weighted by atomic mass is 16.3. The normalized spacial score (nSPS) is 12.0. The van der Waals surface area contributed by atoms with Gasteiger partial charge in [0.1, 0.15) is 22.3 Å². The fourth-order valence-electron chi connectivity index (χ4n) is 9.95. The van der Waals surface area contributed by atoms with Crippen LogP contribution in [0.3, 0.4) is 0 Å². The Kier molecular flexibility index (Phi) is 7.59. The predicted octanol–water partition coefficient (Wildman–Crippen LogP) is 15.7. The zero-order valence-corrected chi connectivity index (χ0v) is 34.7. The maximum Gasteiger partial charge on any atom is 0.167 e. The first-order valence-corrected chi connectivity index (χ1v) is 21.8. The standard InChI is InChI=1S/C59H34N4O2/c1-2-14-35(15-3-1)36-20-12-21-41(28-36)57-60-58(46-25-13-24-44-43-22-8-10-26-52(43)65-56(44)46)62-59(61-57)49-33-42(34-54-55(49)45-23-9-11-27-53(45)64-54)63-50-31-39-18-6-4-16-37(39)29-47(50)48-30-38-17-5-7-19-40(38)32-51(48)63/h1-34H. The lowest BCUT2D eigenvalue weighted by molar-refractivity contribution is 0.668. The molecule has 0 spiro atoms. The van der Waals surface area contributed by atoms with Gasteiger partial charge in [-0.2, -0.15) is 0 Å². The molecule has 0 amide bonds. The Morgan fingerprint density at radius 1 is 0.323 bits per heavy atom. The molecular weight excluding hydrogens is 797 g/mol. The molecule has 0 aliphatic heterocycles. The Bertz CT molecular complexity index is 4160. The molecule has 0 saturated carbocycles. The molecule has 0 atom stereocenters. The first-order valence-electron chi connectivity index (χ1n) is 21.8. The van der Waals surface area contributed by atoms with Gasteiger partial charge in [-0.15, -0.1) is 0 Å². The maximum atomic E-state index is 6.80. The number of para-hydroxylation sites is 3. The van der Waals surface area contributed by atoms with Gasteiger partial charge in [0.25, 0.3) is 0 Å². The Morgan fingerprint density at radius 3 is 1.58 bits per heavy atom. The number of nitrogens with zero attached hydrogens (tertiary/aromatic N) is 4. The van der Waals surface area contributed by atoms with Gasteiger partial charge in [0.05, 0.1) is 22.3 Å². The fourth-order valence-corrected chi connectivity index (χ4v) is 9.95. The molecule has 0 N–H and O–H groups in total. The third-order valence-electron chi connectivity index (χ3n) is 13.0. The number of benzene rings is 10. The van der Waals surface area contributed by atoms with E-state index in [0.29, 0.717) is 17.5 Å². The average molecular weight is 831 g/mol.